The monoisotopic (exact) mass is 232 g/mol. The second-order valence-corrected chi connectivity index (χ2v) is 4.80. The summed E-state index contributed by atoms with van der Waals surface area (Å²) in [6.07, 6.45) is 5.60. The van der Waals surface area contributed by atoms with E-state index in [9.17, 15) is 4.79 Å². The second kappa shape index (κ2) is 7.09. The first kappa shape index (κ1) is 12.8. The average Bonchev–Trinajstić information content (AvgIpc) is 2.65. The summed E-state index contributed by atoms with van der Waals surface area (Å²) in [5.74, 6) is -0.0191. The van der Waals surface area contributed by atoms with Crippen LogP contribution in [0.15, 0.2) is 0 Å². The molecule has 1 fully saturated rings. The molecular formula is C10H20N2O2S. The summed E-state index contributed by atoms with van der Waals surface area (Å²) in [5.41, 5.74) is 5.26. The molecule has 0 aromatic heterocycles. The quantitative estimate of drug-likeness (QED) is 0.649. The molecule has 2 atom stereocenters. The van der Waals surface area contributed by atoms with Gasteiger partial charge in [-0.05, 0) is 19.1 Å². The van der Waals surface area contributed by atoms with Crippen molar-refractivity contribution in [3.63, 3.8) is 0 Å². The Hall–Kier alpha value is -0.260. The van der Waals surface area contributed by atoms with Gasteiger partial charge in [0.05, 0.1) is 6.61 Å². The van der Waals surface area contributed by atoms with Crippen molar-refractivity contribution in [2.24, 2.45) is 5.73 Å². The molecule has 0 aliphatic heterocycles. The molecule has 0 bridgehead atoms. The van der Waals surface area contributed by atoms with Crippen molar-refractivity contribution in [3.05, 3.63) is 0 Å². The van der Waals surface area contributed by atoms with E-state index in [-0.39, 0.29) is 12.5 Å². The molecule has 0 heterocycles. The summed E-state index contributed by atoms with van der Waals surface area (Å²) in [5, 5.41) is 3.59. The van der Waals surface area contributed by atoms with Crippen molar-refractivity contribution in [1.29, 1.82) is 0 Å². The smallest absolute Gasteiger partial charge is 0.246 e. The number of carbonyl (C=O) groups excluding carboxylic acids is 1. The van der Waals surface area contributed by atoms with Gasteiger partial charge in [-0.3, -0.25) is 4.79 Å². The van der Waals surface area contributed by atoms with Crippen LogP contribution in [0.5, 0.6) is 0 Å². The van der Waals surface area contributed by atoms with E-state index < -0.39 is 0 Å². The first-order valence-electron chi connectivity index (χ1n) is 5.38. The van der Waals surface area contributed by atoms with E-state index in [0.29, 0.717) is 24.4 Å². The number of nitrogens with two attached hydrogens (primary N) is 1. The molecule has 1 amide bonds. The zero-order chi connectivity index (χ0) is 11.1. The number of thioether (sulfide) groups is 1. The van der Waals surface area contributed by atoms with Crippen LogP contribution in [-0.2, 0) is 9.53 Å². The maximum Gasteiger partial charge on any atom is 0.246 e. The van der Waals surface area contributed by atoms with Gasteiger partial charge in [0.25, 0.3) is 0 Å². The van der Waals surface area contributed by atoms with Crippen molar-refractivity contribution in [1.82, 2.24) is 5.32 Å². The Balaban J connectivity index is 2.19. The van der Waals surface area contributed by atoms with Gasteiger partial charge in [0.1, 0.15) is 6.61 Å². The van der Waals surface area contributed by atoms with E-state index >= 15 is 0 Å². The first-order chi connectivity index (χ1) is 7.27. The van der Waals surface area contributed by atoms with Crippen LogP contribution in [0.2, 0.25) is 0 Å². The third kappa shape index (κ3) is 4.40. The van der Waals surface area contributed by atoms with Crippen LogP contribution in [0.25, 0.3) is 0 Å². The minimum Gasteiger partial charge on any atom is -0.370 e. The lowest BCUT2D eigenvalue weighted by molar-refractivity contribution is -0.126. The van der Waals surface area contributed by atoms with E-state index in [1.807, 2.05) is 11.8 Å². The third-order valence-corrected chi connectivity index (χ3v) is 3.77. The van der Waals surface area contributed by atoms with Crippen LogP contribution in [0.4, 0.5) is 0 Å². The van der Waals surface area contributed by atoms with Gasteiger partial charge >= 0.3 is 0 Å². The number of nitrogens with one attached hydrogen (secondary N) is 1. The molecule has 0 saturated heterocycles. The van der Waals surface area contributed by atoms with Crippen LogP contribution in [0.3, 0.4) is 0 Å². The third-order valence-electron chi connectivity index (χ3n) is 2.60. The van der Waals surface area contributed by atoms with Crippen LogP contribution in [-0.4, -0.2) is 43.2 Å². The highest BCUT2D eigenvalue weighted by Crippen LogP contribution is 2.28. The Kier molecular flexibility index (Phi) is 6.05. The van der Waals surface area contributed by atoms with E-state index in [0.717, 1.165) is 6.42 Å². The predicted octanol–water partition coefficient (Wildman–Crippen LogP) is 0.362. The Morgan fingerprint density at radius 2 is 2.40 bits per heavy atom. The Bertz CT molecular complexity index is 202. The summed E-state index contributed by atoms with van der Waals surface area (Å²) in [4.78, 5) is 11.4. The summed E-state index contributed by atoms with van der Waals surface area (Å²) < 4.78 is 5.08. The SMILES string of the molecule is CSC1CCCC1NC(=O)COCCN. The van der Waals surface area contributed by atoms with E-state index in [1.54, 1.807) is 0 Å². The summed E-state index contributed by atoms with van der Waals surface area (Å²) in [6.45, 7) is 1.04. The van der Waals surface area contributed by atoms with E-state index in [1.165, 1.54) is 12.8 Å². The molecule has 0 aromatic rings. The molecular weight excluding hydrogens is 212 g/mol. The molecule has 0 radical (unpaired) electrons. The highest BCUT2D eigenvalue weighted by atomic mass is 32.2. The summed E-state index contributed by atoms with van der Waals surface area (Å²) >= 11 is 1.84. The van der Waals surface area contributed by atoms with Gasteiger partial charge in [-0.25, -0.2) is 0 Å². The molecule has 88 valence electrons. The standard InChI is InChI=1S/C10H20N2O2S/c1-15-9-4-2-3-8(9)12-10(13)7-14-6-5-11/h8-9H,2-7,11H2,1H3,(H,12,13). The minimum absolute atomic E-state index is 0.0191. The molecule has 0 aromatic carbocycles. The maximum absolute atomic E-state index is 11.4. The minimum atomic E-state index is -0.0191. The number of hydrogen-bond acceptors (Lipinski definition) is 4. The molecule has 1 aliphatic carbocycles. The molecule has 0 spiro atoms. The molecule has 5 heteroatoms. The Labute approximate surface area is 95.3 Å². The molecule has 1 aliphatic rings. The predicted molar refractivity (Wildman–Crippen MR) is 63.0 cm³/mol. The molecule has 4 nitrogen and oxygen atoms in total. The highest BCUT2D eigenvalue weighted by Gasteiger charge is 2.27. The molecule has 3 N–H and O–H groups in total. The number of carbonyl (C=O) groups is 1. The van der Waals surface area contributed by atoms with Gasteiger partial charge in [0.2, 0.25) is 5.91 Å². The lowest BCUT2D eigenvalue weighted by Crippen LogP contribution is -2.40. The van der Waals surface area contributed by atoms with Crippen LogP contribution in [0, 0.1) is 0 Å². The van der Waals surface area contributed by atoms with Crippen molar-refractivity contribution < 1.29 is 9.53 Å². The number of hydrogen-bond donors (Lipinski definition) is 2. The number of ether oxygens (including phenoxy) is 1. The van der Waals surface area contributed by atoms with Gasteiger partial charge in [0.15, 0.2) is 0 Å². The van der Waals surface area contributed by atoms with Gasteiger partial charge < -0.3 is 15.8 Å². The normalized spacial score (nSPS) is 25.5. The lowest BCUT2D eigenvalue weighted by atomic mass is 10.2. The summed E-state index contributed by atoms with van der Waals surface area (Å²) in [7, 11) is 0. The average molecular weight is 232 g/mol. The number of amides is 1. The zero-order valence-corrected chi connectivity index (χ0v) is 10.0. The van der Waals surface area contributed by atoms with Crippen molar-refractivity contribution in [3.8, 4) is 0 Å². The molecule has 15 heavy (non-hydrogen) atoms. The zero-order valence-electron chi connectivity index (χ0n) is 9.20. The Morgan fingerprint density at radius 1 is 1.60 bits per heavy atom. The van der Waals surface area contributed by atoms with E-state index in [4.69, 9.17) is 10.5 Å². The maximum atomic E-state index is 11.4. The molecule has 2 unspecified atom stereocenters. The van der Waals surface area contributed by atoms with Gasteiger partial charge in [0, 0.05) is 17.8 Å². The highest BCUT2D eigenvalue weighted by molar-refractivity contribution is 7.99. The van der Waals surface area contributed by atoms with Crippen LogP contribution >= 0.6 is 11.8 Å². The van der Waals surface area contributed by atoms with Gasteiger partial charge in [-0.2, -0.15) is 11.8 Å². The summed E-state index contributed by atoms with van der Waals surface area (Å²) in [6, 6.07) is 0.328. The lowest BCUT2D eigenvalue weighted by Gasteiger charge is -2.18. The van der Waals surface area contributed by atoms with Crippen LogP contribution < -0.4 is 11.1 Å². The van der Waals surface area contributed by atoms with Crippen molar-refractivity contribution >= 4 is 17.7 Å². The van der Waals surface area contributed by atoms with E-state index in [2.05, 4.69) is 11.6 Å². The second-order valence-electron chi connectivity index (χ2n) is 3.72. The number of rotatable bonds is 6. The fourth-order valence-corrected chi connectivity index (χ4v) is 2.80. The van der Waals surface area contributed by atoms with Crippen molar-refractivity contribution in [2.75, 3.05) is 26.0 Å². The first-order valence-corrected chi connectivity index (χ1v) is 6.66. The van der Waals surface area contributed by atoms with Crippen LogP contribution in [0.1, 0.15) is 19.3 Å². The fraction of sp³-hybridized carbons (Fsp3) is 0.900. The largest absolute Gasteiger partial charge is 0.370 e. The fourth-order valence-electron chi connectivity index (χ4n) is 1.87. The van der Waals surface area contributed by atoms with Gasteiger partial charge in [-0.15, -0.1) is 0 Å². The van der Waals surface area contributed by atoms with Crippen molar-refractivity contribution in [2.45, 2.75) is 30.6 Å². The topological polar surface area (TPSA) is 64.3 Å². The molecule has 1 saturated carbocycles. The molecule has 1 rings (SSSR count). The Morgan fingerprint density at radius 3 is 3.07 bits per heavy atom. The van der Waals surface area contributed by atoms with Gasteiger partial charge in [-0.1, -0.05) is 6.42 Å².